The number of hydrogen-bond acceptors (Lipinski definition) is 5. The zero-order chi connectivity index (χ0) is 15.0. The molecule has 1 aromatic heterocycles. The summed E-state index contributed by atoms with van der Waals surface area (Å²) in [5.74, 6) is -0.187. The molecule has 7 nitrogen and oxygen atoms in total. The number of carbonyl (C=O) groups excluding carboxylic acids is 1. The predicted octanol–water partition coefficient (Wildman–Crippen LogP) is 0.318. The highest BCUT2D eigenvalue weighted by atomic mass is 32.2. The number of nitrogens with one attached hydrogen (secondary N) is 3. The van der Waals surface area contributed by atoms with Crippen molar-refractivity contribution in [1.29, 1.82) is 0 Å². The molecule has 0 spiro atoms. The third kappa shape index (κ3) is 4.78. The summed E-state index contributed by atoms with van der Waals surface area (Å²) in [6, 6.07) is 1.60. The summed E-state index contributed by atoms with van der Waals surface area (Å²) < 4.78 is 26.7. The smallest absolute Gasteiger partial charge is 0.244 e. The van der Waals surface area contributed by atoms with E-state index < -0.39 is 10.0 Å². The van der Waals surface area contributed by atoms with Crippen molar-refractivity contribution in [1.82, 2.24) is 15.0 Å². The molecule has 112 valence electrons. The Balaban J connectivity index is 2.71. The molecular weight excluding hydrogens is 280 g/mol. The second kappa shape index (κ2) is 7.81. The van der Waals surface area contributed by atoms with E-state index in [2.05, 4.69) is 20.3 Å². The Hall–Kier alpha value is -1.67. The van der Waals surface area contributed by atoms with Gasteiger partial charge in [-0.3, -0.25) is 9.78 Å². The molecule has 0 fully saturated rings. The topological polar surface area (TPSA) is 100 Å². The minimum Gasteiger partial charge on any atom is -0.384 e. The van der Waals surface area contributed by atoms with E-state index in [0.717, 1.165) is 0 Å². The van der Waals surface area contributed by atoms with Gasteiger partial charge in [-0.25, -0.2) is 13.1 Å². The van der Waals surface area contributed by atoms with E-state index >= 15 is 0 Å². The second-order valence-corrected chi connectivity index (χ2v) is 5.74. The van der Waals surface area contributed by atoms with Gasteiger partial charge in [-0.15, -0.1) is 0 Å². The van der Waals surface area contributed by atoms with Crippen LogP contribution in [-0.4, -0.2) is 38.9 Å². The molecule has 0 aliphatic rings. The van der Waals surface area contributed by atoms with Crippen LogP contribution in [0, 0.1) is 0 Å². The molecule has 0 aliphatic carbocycles. The highest BCUT2D eigenvalue weighted by Crippen LogP contribution is 2.18. The summed E-state index contributed by atoms with van der Waals surface area (Å²) in [5, 5.41) is 5.57. The van der Waals surface area contributed by atoms with E-state index in [1.165, 1.54) is 12.4 Å². The van der Waals surface area contributed by atoms with Gasteiger partial charge in [-0.05, 0) is 19.9 Å². The number of carbonyl (C=O) groups is 1. The van der Waals surface area contributed by atoms with Crippen LogP contribution >= 0.6 is 0 Å². The number of sulfonamides is 1. The molecule has 1 heterocycles. The lowest BCUT2D eigenvalue weighted by Crippen LogP contribution is -2.31. The molecule has 0 saturated carbocycles. The lowest BCUT2D eigenvalue weighted by Gasteiger charge is -2.11. The van der Waals surface area contributed by atoms with Gasteiger partial charge in [-0.2, -0.15) is 0 Å². The number of rotatable bonds is 8. The number of hydrogen-bond donors (Lipinski definition) is 3. The van der Waals surface area contributed by atoms with E-state index in [1.807, 2.05) is 6.92 Å². The molecule has 1 amide bonds. The third-order valence-corrected chi connectivity index (χ3v) is 3.95. The van der Waals surface area contributed by atoms with Gasteiger partial charge < -0.3 is 10.6 Å². The van der Waals surface area contributed by atoms with Crippen molar-refractivity contribution in [3.8, 4) is 0 Å². The minimum atomic E-state index is -3.68. The summed E-state index contributed by atoms with van der Waals surface area (Å²) in [5.41, 5.74) is 0.494. The van der Waals surface area contributed by atoms with E-state index in [9.17, 15) is 13.2 Å². The van der Waals surface area contributed by atoms with Crippen LogP contribution in [0.1, 0.15) is 20.3 Å². The van der Waals surface area contributed by atoms with E-state index in [1.54, 1.807) is 13.0 Å². The van der Waals surface area contributed by atoms with Crippen LogP contribution in [-0.2, 0) is 14.8 Å². The van der Waals surface area contributed by atoms with Crippen molar-refractivity contribution < 1.29 is 13.2 Å². The van der Waals surface area contributed by atoms with E-state index in [4.69, 9.17) is 0 Å². The van der Waals surface area contributed by atoms with Crippen LogP contribution in [0.5, 0.6) is 0 Å². The molecule has 0 aliphatic heterocycles. The molecule has 0 bridgehead atoms. The van der Waals surface area contributed by atoms with Gasteiger partial charge in [-0.1, -0.05) is 0 Å². The average molecular weight is 300 g/mol. The molecule has 8 heteroatoms. The van der Waals surface area contributed by atoms with Crippen molar-refractivity contribution >= 4 is 21.6 Å². The van der Waals surface area contributed by atoms with Gasteiger partial charge in [0.05, 0.1) is 5.69 Å². The monoisotopic (exact) mass is 300 g/mol. The van der Waals surface area contributed by atoms with Crippen LogP contribution in [0.4, 0.5) is 5.69 Å². The molecule has 1 rings (SSSR count). The Bertz CT molecular complexity index is 545. The minimum absolute atomic E-state index is 0.0502. The van der Waals surface area contributed by atoms with Crippen molar-refractivity contribution in [3.63, 3.8) is 0 Å². The van der Waals surface area contributed by atoms with Gasteiger partial charge in [0.25, 0.3) is 0 Å². The Morgan fingerprint density at radius 2 is 2.05 bits per heavy atom. The fourth-order valence-corrected chi connectivity index (χ4v) is 2.75. The second-order valence-electron chi connectivity index (χ2n) is 4.00. The Kier molecular flexibility index (Phi) is 6.40. The average Bonchev–Trinajstić information content (AvgIpc) is 2.39. The van der Waals surface area contributed by atoms with Crippen LogP contribution in [0.25, 0.3) is 0 Å². The van der Waals surface area contributed by atoms with Gasteiger partial charge in [0.1, 0.15) is 4.90 Å². The van der Waals surface area contributed by atoms with Gasteiger partial charge >= 0.3 is 0 Å². The standard InChI is InChI=1S/C12H20N4O3S/c1-3-14-10-5-7-13-9-11(10)20(18,19)16-8-6-12(17)15-4-2/h5,7,9,16H,3-4,6,8H2,1-2H3,(H,13,14)(H,15,17). The lowest BCUT2D eigenvalue weighted by molar-refractivity contribution is -0.120. The fourth-order valence-electron chi connectivity index (χ4n) is 1.59. The van der Waals surface area contributed by atoms with Crippen LogP contribution < -0.4 is 15.4 Å². The number of aromatic nitrogens is 1. The third-order valence-electron chi connectivity index (χ3n) is 2.46. The van der Waals surface area contributed by atoms with E-state index in [0.29, 0.717) is 18.8 Å². The molecule has 0 aromatic carbocycles. The summed E-state index contributed by atoms with van der Waals surface area (Å²) >= 11 is 0. The first kappa shape index (κ1) is 16.4. The summed E-state index contributed by atoms with van der Waals surface area (Å²) in [4.78, 5) is 15.2. The van der Waals surface area contributed by atoms with E-state index in [-0.39, 0.29) is 23.8 Å². The number of anilines is 1. The zero-order valence-corrected chi connectivity index (χ0v) is 12.5. The molecule has 0 unspecified atom stereocenters. The highest BCUT2D eigenvalue weighted by Gasteiger charge is 2.18. The predicted molar refractivity (Wildman–Crippen MR) is 76.9 cm³/mol. The number of pyridine rings is 1. The highest BCUT2D eigenvalue weighted by molar-refractivity contribution is 7.89. The van der Waals surface area contributed by atoms with Crippen molar-refractivity contribution in [2.24, 2.45) is 0 Å². The largest absolute Gasteiger partial charge is 0.384 e. The lowest BCUT2D eigenvalue weighted by atomic mass is 10.4. The molecular formula is C12H20N4O3S. The van der Waals surface area contributed by atoms with Crippen LogP contribution in [0.15, 0.2) is 23.4 Å². The first-order valence-corrected chi connectivity index (χ1v) is 7.93. The Labute approximate surface area is 119 Å². The van der Waals surface area contributed by atoms with Crippen molar-refractivity contribution in [3.05, 3.63) is 18.5 Å². The number of amides is 1. The number of nitrogens with zero attached hydrogens (tertiary/aromatic N) is 1. The molecule has 0 saturated heterocycles. The van der Waals surface area contributed by atoms with Gasteiger partial charge in [0.15, 0.2) is 0 Å². The SMILES string of the molecule is CCNC(=O)CCNS(=O)(=O)c1cnccc1NCC. The first-order valence-electron chi connectivity index (χ1n) is 6.45. The van der Waals surface area contributed by atoms with Crippen molar-refractivity contribution in [2.75, 3.05) is 25.0 Å². The molecule has 0 radical (unpaired) electrons. The quantitative estimate of drug-likeness (QED) is 0.642. The summed E-state index contributed by atoms with van der Waals surface area (Å²) in [6.45, 7) is 4.86. The maximum Gasteiger partial charge on any atom is 0.244 e. The van der Waals surface area contributed by atoms with Crippen molar-refractivity contribution in [2.45, 2.75) is 25.2 Å². The molecule has 0 atom stereocenters. The fraction of sp³-hybridized carbons (Fsp3) is 0.500. The first-order chi connectivity index (χ1) is 9.51. The van der Waals surface area contributed by atoms with Gasteiger partial charge in [0.2, 0.25) is 15.9 Å². The van der Waals surface area contributed by atoms with Crippen LogP contribution in [0.2, 0.25) is 0 Å². The maximum atomic E-state index is 12.1. The normalized spacial score (nSPS) is 11.1. The van der Waals surface area contributed by atoms with Gasteiger partial charge in [0, 0.05) is 38.4 Å². The maximum absolute atomic E-state index is 12.1. The van der Waals surface area contributed by atoms with Crippen LogP contribution in [0.3, 0.4) is 0 Å². The Morgan fingerprint density at radius 1 is 1.30 bits per heavy atom. The molecule has 20 heavy (non-hydrogen) atoms. The summed E-state index contributed by atoms with van der Waals surface area (Å²) in [7, 11) is -3.68. The molecule has 3 N–H and O–H groups in total. The zero-order valence-electron chi connectivity index (χ0n) is 11.6. The summed E-state index contributed by atoms with van der Waals surface area (Å²) in [6.07, 6.45) is 2.90. The molecule has 1 aromatic rings. The Morgan fingerprint density at radius 3 is 2.70 bits per heavy atom.